The molecule has 0 aliphatic carbocycles. The van der Waals surface area contributed by atoms with Crippen LogP contribution in [-0.4, -0.2) is 41.2 Å². The van der Waals surface area contributed by atoms with E-state index in [1.807, 2.05) is 25.1 Å². The van der Waals surface area contributed by atoms with E-state index < -0.39 is 36.3 Å². The molecule has 0 radical (unpaired) electrons. The molecule has 0 bridgehead atoms. The predicted octanol–water partition coefficient (Wildman–Crippen LogP) is 3.38. The molecule has 3 aromatic rings. The van der Waals surface area contributed by atoms with Gasteiger partial charge in [0.05, 0.1) is 11.1 Å². The van der Waals surface area contributed by atoms with Gasteiger partial charge in [0, 0.05) is 12.1 Å². The van der Waals surface area contributed by atoms with Gasteiger partial charge in [-0.2, -0.15) is 0 Å². The second-order valence-electron chi connectivity index (χ2n) is 7.75. The number of hydrogen-bond acceptors (Lipinski definition) is 5. The smallest absolute Gasteiger partial charge is 0.330 e. The lowest BCUT2D eigenvalue weighted by Crippen LogP contribution is -2.47. The number of carbonyl (C=O) groups excluding carboxylic acids is 4. The summed E-state index contributed by atoms with van der Waals surface area (Å²) in [7, 11) is 0. The summed E-state index contributed by atoms with van der Waals surface area (Å²) in [5.41, 5.74) is 2.85. The summed E-state index contributed by atoms with van der Waals surface area (Å²) in [6.45, 7) is 1.39. The molecule has 0 fully saturated rings. The van der Waals surface area contributed by atoms with Crippen molar-refractivity contribution in [2.45, 2.75) is 19.4 Å². The highest BCUT2D eigenvalue weighted by Crippen LogP contribution is 2.26. The molecule has 7 nitrogen and oxygen atoms in total. The maximum atomic E-state index is 13.0. The Labute approximate surface area is 191 Å². The monoisotopic (exact) mass is 442 g/mol. The van der Waals surface area contributed by atoms with Crippen LogP contribution in [-0.2, 0) is 20.7 Å². The zero-order chi connectivity index (χ0) is 23.4. The highest BCUT2D eigenvalue weighted by atomic mass is 16.5. The molecule has 0 saturated carbocycles. The second-order valence-corrected chi connectivity index (χ2v) is 7.75. The second kappa shape index (κ2) is 9.48. The number of ether oxygens (including phenoxy) is 1. The van der Waals surface area contributed by atoms with Gasteiger partial charge in [-0.1, -0.05) is 60.2 Å². The number of esters is 1. The van der Waals surface area contributed by atoms with Gasteiger partial charge < -0.3 is 10.1 Å². The number of imide groups is 1. The quantitative estimate of drug-likeness (QED) is 0.447. The minimum absolute atomic E-state index is 0.0741. The van der Waals surface area contributed by atoms with Crippen LogP contribution in [0.1, 0.15) is 31.8 Å². The average molecular weight is 442 g/mol. The van der Waals surface area contributed by atoms with Crippen LogP contribution in [0.3, 0.4) is 0 Å². The molecule has 0 aromatic heterocycles. The Hall–Kier alpha value is -4.26. The van der Waals surface area contributed by atoms with Crippen LogP contribution in [0.4, 0.5) is 5.69 Å². The molecule has 1 heterocycles. The number of nitrogens with one attached hydrogen (secondary N) is 1. The number of hydrogen-bond donors (Lipinski definition) is 1. The lowest BCUT2D eigenvalue weighted by atomic mass is 10.0. The fourth-order valence-corrected chi connectivity index (χ4v) is 3.68. The van der Waals surface area contributed by atoms with E-state index in [2.05, 4.69) is 5.32 Å². The minimum atomic E-state index is -1.20. The van der Waals surface area contributed by atoms with Crippen molar-refractivity contribution in [3.8, 4) is 0 Å². The Morgan fingerprint density at radius 1 is 0.848 bits per heavy atom. The van der Waals surface area contributed by atoms with Crippen LogP contribution in [0.25, 0.3) is 0 Å². The Morgan fingerprint density at radius 2 is 1.42 bits per heavy atom. The fraction of sp³-hybridized carbons (Fsp3) is 0.154. The lowest BCUT2D eigenvalue weighted by molar-refractivity contribution is -0.151. The molecule has 166 valence electrons. The summed E-state index contributed by atoms with van der Waals surface area (Å²) in [5.74, 6) is -2.46. The van der Waals surface area contributed by atoms with Crippen molar-refractivity contribution in [1.29, 1.82) is 0 Å². The summed E-state index contributed by atoms with van der Waals surface area (Å²) >= 11 is 0. The van der Waals surface area contributed by atoms with Crippen LogP contribution in [0.2, 0.25) is 0 Å². The van der Waals surface area contributed by atoms with Crippen LogP contribution in [0.5, 0.6) is 0 Å². The largest absolute Gasteiger partial charge is 0.454 e. The maximum absolute atomic E-state index is 13.0. The summed E-state index contributed by atoms with van der Waals surface area (Å²) in [5, 5.41) is 2.65. The Balaban J connectivity index is 1.50. The maximum Gasteiger partial charge on any atom is 0.330 e. The molecule has 1 atom stereocenters. The van der Waals surface area contributed by atoms with Crippen LogP contribution >= 0.6 is 0 Å². The molecule has 0 saturated heterocycles. The van der Waals surface area contributed by atoms with Crippen molar-refractivity contribution in [1.82, 2.24) is 4.90 Å². The molecule has 4 rings (SSSR count). The van der Waals surface area contributed by atoms with Gasteiger partial charge in [-0.05, 0) is 36.8 Å². The molecule has 3 aromatic carbocycles. The first kappa shape index (κ1) is 22.0. The van der Waals surface area contributed by atoms with Crippen LogP contribution < -0.4 is 5.32 Å². The summed E-state index contributed by atoms with van der Waals surface area (Å²) in [6.07, 6.45) is 0.0741. The summed E-state index contributed by atoms with van der Waals surface area (Å²) < 4.78 is 5.24. The van der Waals surface area contributed by atoms with Crippen molar-refractivity contribution >= 4 is 29.4 Å². The first-order valence-electron chi connectivity index (χ1n) is 10.5. The van der Waals surface area contributed by atoms with Gasteiger partial charge >= 0.3 is 5.97 Å². The number of rotatable bonds is 7. The first-order chi connectivity index (χ1) is 15.9. The summed E-state index contributed by atoms with van der Waals surface area (Å²) in [4.78, 5) is 52.2. The highest BCUT2D eigenvalue weighted by molar-refractivity contribution is 6.22. The van der Waals surface area contributed by atoms with Crippen LogP contribution in [0.15, 0.2) is 78.9 Å². The normalized spacial score (nSPS) is 13.4. The number of amides is 3. The number of nitrogens with zero attached hydrogens (tertiary/aromatic N) is 1. The van der Waals surface area contributed by atoms with Gasteiger partial charge in [-0.15, -0.1) is 0 Å². The standard InChI is InChI=1S/C26H22N2O5/c1-17-11-13-19(14-12-17)27-23(29)16-33-26(32)22(15-18-7-3-2-4-8-18)28-24(30)20-9-5-6-10-21(20)25(28)31/h2-14,22H,15-16H2,1H3,(H,27,29)/t22-/m1/s1. The van der Waals surface area contributed by atoms with E-state index in [9.17, 15) is 19.2 Å². The van der Waals surface area contributed by atoms with E-state index in [-0.39, 0.29) is 17.5 Å². The van der Waals surface area contributed by atoms with E-state index in [0.29, 0.717) is 5.69 Å². The molecule has 0 spiro atoms. The molecule has 3 amide bonds. The molecule has 1 aliphatic heterocycles. The van der Waals surface area contributed by atoms with E-state index in [1.165, 1.54) is 0 Å². The first-order valence-corrected chi connectivity index (χ1v) is 10.5. The molecule has 1 N–H and O–H groups in total. The van der Waals surface area contributed by atoms with Crippen molar-refractivity contribution in [2.24, 2.45) is 0 Å². The molecular weight excluding hydrogens is 420 g/mol. The highest BCUT2D eigenvalue weighted by Gasteiger charge is 2.43. The Morgan fingerprint density at radius 3 is 2.03 bits per heavy atom. The molecule has 7 heteroatoms. The minimum Gasteiger partial charge on any atom is -0.454 e. The predicted molar refractivity (Wildman–Crippen MR) is 122 cm³/mol. The number of carbonyl (C=O) groups is 4. The SMILES string of the molecule is Cc1ccc(NC(=O)COC(=O)[C@@H](Cc2ccccc2)N2C(=O)c3ccccc3C2=O)cc1. The third kappa shape index (κ3) is 4.82. The zero-order valence-corrected chi connectivity index (χ0v) is 18.0. The van der Waals surface area contributed by atoms with Crippen molar-refractivity contribution in [2.75, 3.05) is 11.9 Å². The van der Waals surface area contributed by atoms with E-state index in [1.54, 1.807) is 60.7 Å². The Bertz CT molecular complexity index is 1170. The third-order valence-electron chi connectivity index (χ3n) is 5.36. The fourth-order valence-electron chi connectivity index (χ4n) is 3.68. The van der Waals surface area contributed by atoms with Gasteiger partial charge in [-0.25, -0.2) is 4.79 Å². The Kier molecular flexibility index (Phi) is 6.31. The van der Waals surface area contributed by atoms with Gasteiger partial charge in [0.1, 0.15) is 6.04 Å². The van der Waals surface area contributed by atoms with Gasteiger partial charge in [-0.3, -0.25) is 19.3 Å². The number of fused-ring (bicyclic) bond motifs is 1. The van der Waals surface area contributed by atoms with E-state index >= 15 is 0 Å². The van der Waals surface area contributed by atoms with Crippen molar-refractivity contribution in [3.63, 3.8) is 0 Å². The number of aryl methyl sites for hydroxylation is 1. The summed E-state index contributed by atoms with van der Waals surface area (Å²) in [6, 6.07) is 21.4. The van der Waals surface area contributed by atoms with E-state index in [4.69, 9.17) is 4.74 Å². The molecule has 33 heavy (non-hydrogen) atoms. The van der Waals surface area contributed by atoms with E-state index in [0.717, 1.165) is 16.0 Å². The number of anilines is 1. The molecule has 0 unspecified atom stereocenters. The van der Waals surface area contributed by atoms with Gasteiger partial charge in [0.25, 0.3) is 17.7 Å². The molecule has 1 aliphatic rings. The zero-order valence-electron chi connectivity index (χ0n) is 18.0. The topological polar surface area (TPSA) is 92.8 Å². The molecular formula is C26H22N2O5. The van der Waals surface area contributed by atoms with Gasteiger partial charge in [0.2, 0.25) is 0 Å². The number of benzene rings is 3. The lowest BCUT2D eigenvalue weighted by Gasteiger charge is -2.24. The average Bonchev–Trinajstić information content (AvgIpc) is 3.08. The van der Waals surface area contributed by atoms with Crippen molar-refractivity contribution < 1.29 is 23.9 Å². The third-order valence-corrected chi connectivity index (χ3v) is 5.36. The van der Waals surface area contributed by atoms with Gasteiger partial charge in [0.15, 0.2) is 6.61 Å². The van der Waals surface area contributed by atoms with Crippen molar-refractivity contribution in [3.05, 3.63) is 101 Å². The van der Waals surface area contributed by atoms with Crippen LogP contribution in [0, 0.1) is 6.92 Å².